The van der Waals surface area contributed by atoms with Gasteiger partial charge in [-0.1, -0.05) is 48.9 Å². The van der Waals surface area contributed by atoms with Gasteiger partial charge in [0, 0.05) is 44.7 Å². The SMILES string of the molecule is CCc1cccc(N2CCN(CCC(O)CCNC(=O)c3cc4ccccc4o3)CC2)c1Cl. The normalized spacial score (nSPS) is 15.7. The number of furan rings is 1. The van der Waals surface area contributed by atoms with Crippen molar-refractivity contribution in [3.8, 4) is 0 Å². The van der Waals surface area contributed by atoms with E-state index in [1.165, 1.54) is 5.56 Å². The summed E-state index contributed by atoms with van der Waals surface area (Å²) in [6.07, 6.45) is 1.69. The summed E-state index contributed by atoms with van der Waals surface area (Å²) in [6.45, 7) is 7.13. The summed E-state index contributed by atoms with van der Waals surface area (Å²) in [5.41, 5.74) is 3.01. The number of hydrogen-bond donors (Lipinski definition) is 2. The molecule has 2 N–H and O–H groups in total. The van der Waals surface area contributed by atoms with E-state index in [-0.39, 0.29) is 5.91 Å². The van der Waals surface area contributed by atoms with Crippen LogP contribution in [-0.4, -0.2) is 61.3 Å². The number of carbonyl (C=O) groups is 1. The van der Waals surface area contributed by atoms with Gasteiger partial charge < -0.3 is 19.7 Å². The molecule has 0 bridgehead atoms. The first-order chi connectivity index (χ1) is 16.0. The molecule has 0 aliphatic carbocycles. The maximum atomic E-state index is 12.3. The Hall–Kier alpha value is -2.54. The molecule has 1 atom stereocenters. The van der Waals surface area contributed by atoms with Crippen molar-refractivity contribution in [3.05, 3.63) is 64.9 Å². The third-order valence-electron chi connectivity index (χ3n) is 6.34. The van der Waals surface area contributed by atoms with Crippen molar-refractivity contribution in [3.63, 3.8) is 0 Å². The van der Waals surface area contributed by atoms with Crippen LogP contribution in [0.25, 0.3) is 11.0 Å². The Morgan fingerprint density at radius 1 is 1.12 bits per heavy atom. The van der Waals surface area contributed by atoms with Crippen LogP contribution in [0.1, 0.15) is 35.9 Å². The second kappa shape index (κ2) is 11.1. The topological polar surface area (TPSA) is 69.0 Å². The summed E-state index contributed by atoms with van der Waals surface area (Å²) >= 11 is 6.59. The molecular weight excluding hydrogens is 438 g/mol. The number of nitrogens with zero attached hydrogens (tertiary/aromatic N) is 2. The van der Waals surface area contributed by atoms with Crippen molar-refractivity contribution in [2.45, 2.75) is 32.3 Å². The van der Waals surface area contributed by atoms with Gasteiger partial charge in [-0.25, -0.2) is 0 Å². The van der Waals surface area contributed by atoms with Crippen LogP contribution in [0.2, 0.25) is 5.02 Å². The Morgan fingerprint density at radius 2 is 1.91 bits per heavy atom. The number of piperazine rings is 1. The summed E-state index contributed by atoms with van der Waals surface area (Å²) < 4.78 is 5.58. The molecule has 1 amide bonds. The number of amides is 1. The highest BCUT2D eigenvalue weighted by Crippen LogP contribution is 2.30. The first-order valence-electron chi connectivity index (χ1n) is 11.7. The fourth-order valence-electron chi connectivity index (χ4n) is 4.31. The lowest BCUT2D eigenvalue weighted by atomic mass is 10.1. The largest absolute Gasteiger partial charge is 0.451 e. The molecule has 4 rings (SSSR count). The highest BCUT2D eigenvalue weighted by Gasteiger charge is 2.20. The summed E-state index contributed by atoms with van der Waals surface area (Å²) in [7, 11) is 0. The van der Waals surface area contributed by atoms with Gasteiger partial charge >= 0.3 is 0 Å². The molecule has 1 fully saturated rings. The number of rotatable bonds is 9. The van der Waals surface area contributed by atoms with Crippen molar-refractivity contribution in [2.24, 2.45) is 0 Å². The van der Waals surface area contributed by atoms with Crippen molar-refractivity contribution >= 4 is 34.2 Å². The van der Waals surface area contributed by atoms with Crippen LogP contribution in [0.3, 0.4) is 0 Å². The van der Waals surface area contributed by atoms with Gasteiger partial charge in [0.2, 0.25) is 0 Å². The Kier molecular flexibility index (Phi) is 7.91. The zero-order valence-electron chi connectivity index (χ0n) is 19.1. The summed E-state index contributed by atoms with van der Waals surface area (Å²) in [6, 6.07) is 15.5. The number of halogens is 1. The van der Waals surface area contributed by atoms with Gasteiger partial charge in [0.05, 0.1) is 16.8 Å². The van der Waals surface area contributed by atoms with E-state index in [0.717, 1.165) is 55.2 Å². The Morgan fingerprint density at radius 3 is 2.67 bits per heavy atom. The van der Waals surface area contributed by atoms with Crippen molar-refractivity contribution in [1.82, 2.24) is 10.2 Å². The number of anilines is 1. The van der Waals surface area contributed by atoms with E-state index >= 15 is 0 Å². The number of aryl methyl sites for hydroxylation is 1. The molecule has 0 spiro atoms. The van der Waals surface area contributed by atoms with E-state index in [1.807, 2.05) is 24.3 Å². The molecule has 2 heterocycles. The van der Waals surface area contributed by atoms with Gasteiger partial charge in [0.25, 0.3) is 5.91 Å². The van der Waals surface area contributed by atoms with Gasteiger partial charge in [-0.05, 0) is 43.0 Å². The van der Waals surface area contributed by atoms with Crippen LogP contribution < -0.4 is 10.2 Å². The lowest BCUT2D eigenvalue weighted by Crippen LogP contribution is -2.47. The number of benzene rings is 2. The average molecular weight is 470 g/mol. The van der Waals surface area contributed by atoms with E-state index in [0.29, 0.717) is 30.7 Å². The lowest BCUT2D eigenvalue weighted by Gasteiger charge is -2.37. The third kappa shape index (κ3) is 5.88. The molecule has 2 aromatic carbocycles. The Labute approximate surface area is 200 Å². The molecule has 0 saturated carbocycles. The quantitative estimate of drug-likeness (QED) is 0.488. The number of hydrogen-bond acceptors (Lipinski definition) is 5. The van der Waals surface area contributed by atoms with Crippen LogP contribution in [0, 0.1) is 0 Å². The smallest absolute Gasteiger partial charge is 0.287 e. The number of para-hydroxylation sites is 1. The molecule has 1 aromatic heterocycles. The lowest BCUT2D eigenvalue weighted by molar-refractivity contribution is 0.0910. The van der Waals surface area contributed by atoms with Gasteiger partial charge in [-0.3, -0.25) is 9.69 Å². The van der Waals surface area contributed by atoms with Gasteiger partial charge in [0.1, 0.15) is 5.58 Å². The highest BCUT2D eigenvalue weighted by molar-refractivity contribution is 6.34. The minimum Gasteiger partial charge on any atom is -0.451 e. The predicted molar refractivity (Wildman–Crippen MR) is 133 cm³/mol. The maximum absolute atomic E-state index is 12.3. The molecule has 1 aliphatic rings. The highest BCUT2D eigenvalue weighted by atomic mass is 35.5. The Balaban J connectivity index is 1.16. The predicted octanol–water partition coefficient (Wildman–Crippen LogP) is 4.34. The number of aliphatic hydroxyl groups is 1. The first-order valence-corrected chi connectivity index (χ1v) is 12.1. The monoisotopic (exact) mass is 469 g/mol. The molecule has 6 nitrogen and oxygen atoms in total. The van der Waals surface area contributed by atoms with E-state index in [1.54, 1.807) is 6.07 Å². The molecule has 1 unspecified atom stereocenters. The van der Waals surface area contributed by atoms with E-state index in [2.05, 4.69) is 40.2 Å². The summed E-state index contributed by atoms with van der Waals surface area (Å²) in [5.74, 6) is 0.0495. The third-order valence-corrected chi connectivity index (χ3v) is 6.78. The fraction of sp³-hybridized carbons (Fsp3) is 0.423. The van der Waals surface area contributed by atoms with Crippen LogP contribution in [0.4, 0.5) is 5.69 Å². The molecule has 1 aliphatic heterocycles. The second-order valence-electron chi connectivity index (χ2n) is 8.57. The first kappa shape index (κ1) is 23.6. The van der Waals surface area contributed by atoms with Gasteiger partial charge in [-0.2, -0.15) is 0 Å². The number of aliphatic hydroxyl groups excluding tert-OH is 1. The average Bonchev–Trinajstić information content (AvgIpc) is 3.28. The van der Waals surface area contributed by atoms with Crippen LogP contribution in [0.5, 0.6) is 0 Å². The van der Waals surface area contributed by atoms with Crippen molar-refractivity contribution < 1.29 is 14.3 Å². The number of carbonyl (C=O) groups excluding carboxylic acids is 1. The molecule has 3 aromatic rings. The molecule has 1 saturated heterocycles. The van der Waals surface area contributed by atoms with E-state index in [9.17, 15) is 9.90 Å². The van der Waals surface area contributed by atoms with Crippen LogP contribution >= 0.6 is 11.6 Å². The maximum Gasteiger partial charge on any atom is 0.287 e. The standard InChI is InChI=1S/C26H32ClN3O3/c1-2-19-7-5-8-22(25(19)27)30-16-14-29(15-17-30)13-11-21(31)10-12-28-26(32)24-18-20-6-3-4-9-23(20)33-24/h3-9,18,21,31H,2,10-17H2,1H3,(H,28,32). The number of nitrogens with one attached hydrogen (secondary N) is 1. The van der Waals surface area contributed by atoms with Crippen molar-refractivity contribution in [1.29, 1.82) is 0 Å². The molecule has 0 radical (unpaired) electrons. The van der Waals surface area contributed by atoms with Crippen molar-refractivity contribution in [2.75, 3.05) is 44.2 Å². The molecule has 7 heteroatoms. The zero-order valence-corrected chi connectivity index (χ0v) is 19.9. The molecule has 33 heavy (non-hydrogen) atoms. The minimum atomic E-state index is -0.449. The van der Waals surface area contributed by atoms with Crippen LogP contribution in [-0.2, 0) is 6.42 Å². The summed E-state index contributed by atoms with van der Waals surface area (Å²) in [5, 5.41) is 15.0. The fourth-order valence-corrected chi connectivity index (χ4v) is 4.68. The Bertz CT molecular complexity index is 1040. The minimum absolute atomic E-state index is 0.250. The zero-order chi connectivity index (χ0) is 23.2. The van der Waals surface area contributed by atoms with E-state index in [4.69, 9.17) is 16.0 Å². The molecular formula is C26H32ClN3O3. The molecule has 176 valence electrons. The van der Waals surface area contributed by atoms with Gasteiger partial charge in [0.15, 0.2) is 5.76 Å². The van der Waals surface area contributed by atoms with E-state index < -0.39 is 6.10 Å². The number of fused-ring (bicyclic) bond motifs is 1. The van der Waals surface area contributed by atoms with Crippen LogP contribution in [0.15, 0.2) is 52.9 Å². The summed E-state index contributed by atoms with van der Waals surface area (Å²) in [4.78, 5) is 17.0. The second-order valence-corrected chi connectivity index (χ2v) is 8.95. The van der Waals surface area contributed by atoms with Gasteiger partial charge in [-0.15, -0.1) is 0 Å².